The van der Waals surface area contributed by atoms with E-state index in [-0.39, 0.29) is 48.0 Å². The number of hydrogen-bond acceptors (Lipinski definition) is 2. The Hall–Kier alpha value is 0.460. The zero-order chi connectivity index (χ0) is 24.1. The second-order valence-electron chi connectivity index (χ2n) is 9.48. The zero-order valence-electron chi connectivity index (χ0n) is 22.8. The van der Waals surface area contributed by atoms with Crippen LogP contribution in [0.5, 0.6) is 0 Å². The van der Waals surface area contributed by atoms with Gasteiger partial charge in [-0.3, -0.25) is 0 Å². The molecular weight excluding hydrogens is 706 g/mol. The second-order valence-corrected chi connectivity index (χ2v) is 11.8. The van der Waals surface area contributed by atoms with Gasteiger partial charge >= 0.3 is 0 Å². The zero-order valence-corrected chi connectivity index (χ0v) is 28.8. The highest BCUT2D eigenvalue weighted by atomic mass is 127. The summed E-state index contributed by atoms with van der Waals surface area (Å²) >= 11 is 4.00. The first kappa shape index (κ1) is 36.5. The molecule has 206 valence electrons. The minimum Gasteiger partial charge on any atom is -1.00 e. The first-order chi connectivity index (χ1) is 16.8. The van der Waals surface area contributed by atoms with Crippen molar-refractivity contribution >= 4 is 23.5 Å². The van der Waals surface area contributed by atoms with E-state index in [2.05, 4.69) is 72.0 Å². The Kier molecular flexibility index (Phi) is 26.1. The van der Waals surface area contributed by atoms with Gasteiger partial charge in [0, 0.05) is 46.9 Å². The third-order valence-electron chi connectivity index (χ3n) is 6.34. The average molecular weight is 757 g/mol. The third kappa shape index (κ3) is 18.7. The van der Waals surface area contributed by atoms with E-state index < -0.39 is 0 Å². The molecule has 0 radical (unpaired) electrons. The van der Waals surface area contributed by atoms with Crippen LogP contribution in [0.15, 0.2) is 58.8 Å². The minimum atomic E-state index is 0. The molecule has 0 amide bonds. The molecule has 2 aromatic heterocycles. The van der Waals surface area contributed by atoms with Crippen molar-refractivity contribution in [3.8, 4) is 0 Å². The molecule has 0 N–H and O–H groups in total. The van der Waals surface area contributed by atoms with Gasteiger partial charge in [-0.15, -0.1) is 23.5 Å². The fourth-order valence-electron chi connectivity index (χ4n) is 4.11. The Bertz CT molecular complexity index is 663. The molecule has 2 nitrogen and oxygen atoms in total. The molecule has 0 unspecified atom stereocenters. The van der Waals surface area contributed by atoms with E-state index in [1.807, 2.05) is 23.5 Å². The highest BCUT2D eigenvalue weighted by molar-refractivity contribution is 7.99. The summed E-state index contributed by atoms with van der Waals surface area (Å²) in [5.74, 6) is 2.43. The van der Waals surface area contributed by atoms with E-state index in [0.717, 1.165) is 13.1 Å². The van der Waals surface area contributed by atoms with Crippen LogP contribution in [-0.4, -0.2) is 11.5 Å². The molecule has 0 aliphatic heterocycles. The minimum absolute atomic E-state index is 0. The number of aromatic nitrogens is 2. The largest absolute Gasteiger partial charge is 1.00 e. The number of halogens is 2. The van der Waals surface area contributed by atoms with Crippen molar-refractivity contribution < 1.29 is 57.1 Å². The van der Waals surface area contributed by atoms with Gasteiger partial charge in [0.2, 0.25) is 0 Å². The van der Waals surface area contributed by atoms with Gasteiger partial charge in [-0.1, -0.05) is 65.2 Å². The molecule has 0 atom stereocenters. The Morgan fingerprint density at radius 2 is 0.806 bits per heavy atom. The molecule has 0 aromatic carbocycles. The van der Waals surface area contributed by atoms with Crippen LogP contribution in [-0.2, 0) is 13.1 Å². The van der Waals surface area contributed by atoms with Crippen molar-refractivity contribution in [3.05, 3.63) is 49.1 Å². The second kappa shape index (κ2) is 25.7. The number of aryl methyl sites for hydroxylation is 2. The predicted molar refractivity (Wildman–Crippen MR) is 151 cm³/mol. The summed E-state index contributed by atoms with van der Waals surface area (Å²) in [6.07, 6.45) is 28.0. The Labute approximate surface area is 265 Å². The van der Waals surface area contributed by atoms with Gasteiger partial charge in [-0.05, 0) is 37.2 Å². The molecule has 0 spiro atoms. The van der Waals surface area contributed by atoms with Crippen molar-refractivity contribution in [2.24, 2.45) is 0 Å². The van der Waals surface area contributed by atoms with Crippen LogP contribution in [0.1, 0.15) is 104 Å². The van der Waals surface area contributed by atoms with Crippen molar-refractivity contribution in [1.29, 1.82) is 0 Å². The number of thioether (sulfide) groups is 2. The molecule has 0 fully saturated rings. The fourth-order valence-corrected chi connectivity index (χ4v) is 5.91. The van der Waals surface area contributed by atoms with Crippen molar-refractivity contribution in [1.82, 2.24) is 0 Å². The van der Waals surface area contributed by atoms with E-state index in [1.54, 1.807) is 0 Å². The van der Waals surface area contributed by atoms with E-state index in [0.29, 0.717) is 0 Å². The Balaban J connectivity index is 0.00000612. The standard InChI is InChI=1S/C30H50N2S2.2HI/c1-3-5-7-9-11-13-21-31-23-17-29(18-24-31)33-27-15-16-28-34-30-19-25-32(26-20-30)22-14-12-10-8-6-4-2;;/h17-20,23-26H,3-16,21-22,27-28H2,1-2H3;2*1H/q+2;;/p-2. The summed E-state index contributed by atoms with van der Waals surface area (Å²) in [5, 5.41) is 0. The maximum atomic E-state index is 2.34. The number of unbranched alkanes of at least 4 members (excludes halogenated alkanes) is 11. The lowest BCUT2D eigenvalue weighted by Crippen LogP contribution is -3.00. The van der Waals surface area contributed by atoms with Gasteiger partial charge in [0.05, 0.1) is 0 Å². The molecular formula is C30H50I2N2S2. The van der Waals surface area contributed by atoms with E-state index in [1.165, 1.54) is 111 Å². The lowest BCUT2D eigenvalue weighted by molar-refractivity contribution is -0.697. The maximum absolute atomic E-state index is 2.34. The highest BCUT2D eigenvalue weighted by Crippen LogP contribution is 2.21. The monoisotopic (exact) mass is 756 g/mol. The molecule has 2 rings (SSSR count). The number of pyridine rings is 2. The molecule has 0 aliphatic carbocycles. The Morgan fingerprint density at radius 3 is 1.17 bits per heavy atom. The fraction of sp³-hybridized carbons (Fsp3) is 0.667. The molecule has 0 bridgehead atoms. The lowest BCUT2D eigenvalue weighted by atomic mass is 10.1. The van der Waals surface area contributed by atoms with Crippen molar-refractivity contribution in [2.75, 3.05) is 11.5 Å². The molecule has 2 heterocycles. The van der Waals surface area contributed by atoms with Gasteiger partial charge in [0.15, 0.2) is 24.8 Å². The average Bonchev–Trinajstić information content (AvgIpc) is 2.87. The highest BCUT2D eigenvalue weighted by Gasteiger charge is 2.04. The maximum Gasteiger partial charge on any atom is 0.169 e. The molecule has 0 saturated heterocycles. The van der Waals surface area contributed by atoms with E-state index >= 15 is 0 Å². The summed E-state index contributed by atoms with van der Waals surface area (Å²) in [6, 6.07) is 9.17. The summed E-state index contributed by atoms with van der Waals surface area (Å²) < 4.78 is 4.69. The topological polar surface area (TPSA) is 7.76 Å². The van der Waals surface area contributed by atoms with Crippen LogP contribution >= 0.6 is 23.5 Å². The van der Waals surface area contributed by atoms with E-state index in [4.69, 9.17) is 0 Å². The van der Waals surface area contributed by atoms with Crippen LogP contribution in [0, 0.1) is 0 Å². The number of hydrogen-bond donors (Lipinski definition) is 0. The summed E-state index contributed by atoms with van der Waals surface area (Å²) in [5.41, 5.74) is 0. The Morgan fingerprint density at radius 1 is 0.472 bits per heavy atom. The lowest BCUT2D eigenvalue weighted by Gasteiger charge is -2.03. The van der Waals surface area contributed by atoms with Crippen LogP contribution < -0.4 is 57.1 Å². The summed E-state index contributed by atoms with van der Waals surface area (Å²) in [6.45, 7) is 6.88. The van der Waals surface area contributed by atoms with E-state index in [9.17, 15) is 0 Å². The van der Waals surface area contributed by atoms with Crippen molar-refractivity contribution in [2.45, 2.75) is 127 Å². The quantitative estimate of drug-likeness (QED) is 0.0839. The smallest absolute Gasteiger partial charge is 0.169 e. The number of rotatable bonds is 21. The van der Waals surface area contributed by atoms with Crippen LogP contribution in [0.4, 0.5) is 0 Å². The summed E-state index contributed by atoms with van der Waals surface area (Å²) in [7, 11) is 0. The third-order valence-corrected chi connectivity index (χ3v) is 8.53. The van der Waals surface area contributed by atoms with Gasteiger partial charge in [-0.2, -0.15) is 0 Å². The molecule has 0 aliphatic rings. The van der Waals surface area contributed by atoms with Gasteiger partial charge in [-0.25, -0.2) is 9.13 Å². The van der Waals surface area contributed by atoms with Gasteiger partial charge in [0.25, 0.3) is 0 Å². The molecule has 6 heteroatoms. The SMILES string of the molecule is CCCCCCCC[n+]1ccc(SCCCCSc2cc[n+](CCCCCCCC)cc2)cc1.[I-].[I-]. The van der Waals surface area contributed by atoms with Crippen LogP contribution in [0.25, 0.3) is 0 Å². The molecule has 2 aromatic rings. The first-order valence-electron chi connectivity index (χ1n) is 14.1. The predicted octanol–water partition coefficient (Wildman–Crippen LogP) is 2.66. The van der Waals surface area contributed by atoms with Crippen molar-refractivity contribution in [3.63, 3.8) is 0 Å². The van der Waals surface area contributed by atoms with Crippen LogP contribution in [0.3, 0.4) is 0 Å². The summed E-state index contributed by atoms with van der Waals surface area (Å²) in [4.78, 5) is 2.81. The van der Waals surface area contributed by atoms with Gasteiger partial charge in [0.1, 0.15) is 13.1 Å². The normalized spacial score (nSPS) is 10.6. The number of nitrogens with zero attached hydrogens (tertiary/aromatic N) is 2. The van der Waals surface area contributed by atoms with Gasteiger partial charge < -0.3 is 48.0 Å². The van der Waals surface area contributed by atoms with Crippen LogP contribution in [0.2, 0.25) is 0 Å². The first-order valence-corrected chi connectivity index (χ1v) is 16.0. The molecule has 0 saturated carbocycles. The molecule has 36 heavy (non-hydrogen) atoms.